The van der Waals surface area contributed by atoms with Crippen LogP contribution in [-0.4, -0.2) is 43.8 Å². The molecule has 7 heteroatoms. The maximum atomic E-state index is 12.3. The largest absolute Gasteiger partial charge is 0.432 e. The van der Waals surface area contributed by atoms with Gasteiger partial charge < -0.3 is 10.7 Å². The molecule has 0 amide bonds. The van der Waals surface area contributed by atoms with E-state index in [9.17, 15) is 13.2 Å². The Hall–Kier alpha value is -1.21. The van der Waals surface area contributed by atoms with Crippen molar-refractivity contribution in [3.8, 4) is 0 Å². The zero-order valence-electron chi connectivity index (χ0n) is 9.77. The Morgan fingerprint density at radius 2 is 1.89 bits per heavy atom. The number of nitrogens with zero attached hydrogens (tertiary/aromatic N) is 1. The number of rotatable bonds is 2. The smallest absolute Gasteiger partial charge is 0.315 e. The maximum Gasteiger partial charge on any atom is 0.432 e. The Kier molecular flexibility index (Phi) is 2.56. The molecule has 2 saturated heterocycles. The van der Waals surface area contributed by atoms with Crippen LogP contribution in [0, 0.1) is 5.41 Å². The number of alkyl halides is 3. The molecule has 0 aromatic rings. The SMILES string of the molecule is FC(F)(F)C1=CC=C(CN2CC3(CNC3)C2)NN1. The Bertz CT molecular complexity index is 401. The van der Waals surface area contributed by atoms with Crippen LogP contribution in [0.5, 0.6) is 0 Å². The monoisotopic (exact) mass is 260 g/mol. The van der Waals surface area contributed by atoms with Crippen LogP contribution in [0.1, 0.15) is 0 Å². The molecule has 0 unspecified atom stereocenters. The molecule has 4 nitrogen and oxygen atoms in total. The van der Waals surface area contributed by atoms with Crippen molar-refractivity contribution in [3.63, 3.8) is 0 Å². The molecule has 3 heterocycles. The fraction of sp³-hybridized carbons (Fsp3) is 0.636. The Balaban J connectivity index is 1.53. The lowest BCUT2D eigenvalue weighted by atomic mass is 9.74. The number of allylic oxidation sites excluding steroid dienone is 3. The van der Waals surface area contributed by atoms with E-state index < -0.39 is 11.9 Å². The van der Waals surface area contributed by atoms with Gasteiger partial charge in [0.15, 0.2) is 0 Å². The first-order valence-electron chi connectivity index (χ1n) is 5.90. The predicted octanol–water partition coefficient (Wildman–Crippen LogP) is 0.329. The minimum absolute atomic E-state index is 0.440. The summed E-state index contributed by atoms with van der Waals surface area (Å²) >= 11 is 0. The van der Waals surface area contributed by atoms with Crippen molar-refractivity contribution in [2.75, 3.05) is 32.7 Å². The normalized spacial score (nSPS) is 26.4. The van der Waals surface area contributed by atoms with E-state index in [0.717, 1.165) is 38.0 Å². The summed E-state index contributed by atoms with van der Waals surface area (Å²) in [6, 6.07) is 0. The van der Waals surface area contributed by atoms with Crippen LogP contribution >= 0.6 is 0 Å². The van der Waals surface area contributed by atoms with Gasteiger partial charge >= 0.3 is 6.18 Å². The summed E-state index contributed by atoms with van der Waals surface area (Å²) in [5.74, 6) is 0. The highest BCUT2D eigenvalue weighted by atomic mass is 19.4. The summed E-state index contributed by atoms with van der Waals surface area (Å²) in [6.07, 6.45) is -1.76. The van der Waals surface area contributed by atoms with Crippen molar-refractivity contribution in [2.24, 2.45) is 5.41 Å². The van der Waals surface area contributed by atoms with Gasteiger partial charge in [0.25, 0.3) is 0 Å². The topological polar surface area (TPSA) is 39.3 Å². The van der Waals surface area contributed by atoms with Gasteiger partial charge in [0.1, 0.15) is 5.70 Å². The van der Waals surface area contributed by atoms with E-state index in [1.165, 1.54) is 6.08 Å². The lowest BCUT2D eigenvalue weighted by Crippen LogP contribution is -2.71. The molecule has 0 radical (unpaired) electrons. The highest BCUT2D eigenvalue weighted by Crippen LogP contribution is 2.34. The Labute approximate surface area is 103 Å². The van der Waals surface area contributed by atoms with Crippen molar-refractivity contribution in [1.82, 2.24) is 21.1 Å². The van der Waals surface area contributed by atoms with Crippen LogP contribution < -0.4 is 16.2 Å². The van der Waals surface area contributed by atoms with Gasteiger partial charge in [-0.15, -0.1) is 0 Å². The summed E-state index contributed by atoms with van der Waals surface area (Å²) in [5, 5.41) is 3.25. The van der Waals surface area contributed by atoms with E-state index in [1.54, 1.807) is 0 Å². The zero-order chi connectivity index (χ0) is 12.8. The van der Waals surface area contributed by atoms with Crippen LogP contribution in [0.25, 0.3) is 0 Å². The van der Waals surface area contributed by atoms with Gasteiger partial charge in [-0.05, 0) is 12.2 Å². The van der Waals surface area contributed by atoms with Crippen molar-refractivity contribution in [3.05, 3.63) is 23.5 Å². The number of halogens is 3. The molecular weight excluding hydrogens is 245 g/mol. The van der Waals surface area contributed by atoms with Crippen LogP contribution in [0.3, 0.4) is 0 Å². The van der Waals surface area contributed by atoms with Gasteiger partial charge in [-0.1, -0.05) is 0 Å². The summed E-state index contributed by atoms with van der Waals surface area (Å²) < 4.78 is 37.0. The predicted molar refractivity (Wildman–Crippen MR) is 60.2 cm³/mol. The first-order chi connectivity index (χ1) is 8.47. The lowest BCUT2D eigenvalue weighted by Gasteiger charge is -2.56. The average molecular weight is 260 g/mol. The minimum Gasteiger partial charge on any atom is -0.315 e. The van der Waals surface area contributed by atoms with Gasteiger partial charge in [0, 0.05) is 43.8 Å². The molecule has 2 fully saturated rings. The van der Waals surface area contributed by atoms with Gasteiger partial charge in [0.2, 0.25) is 0 Å². The highest BCUT2D eigenvalue weighted by Gasteiger charge is 2.47. The molecule has 3 aliphatic heterocycles. The molecule has 3 rings (SSSR count). The van der Waals surface area contributed by atoms with Crippen LogP contribution in [-0.2, 0) is 0 Å². The number of hydrogen-bond donors (Lipinski definition) is 3. The fourth-order valence-electron chi connectivity index (χ4n) is 2.63. The molecule has 3 N–H and O–H groups in total. The van der Waals surface area contributed by atoms with E-state index in [4.69, 9.17) is 0 Å². The Morgan fingerprint density at radius 3 is 2.33 bits per heavy atom. The fourth-order valence-corrected chi connectivity index (χ4v) is 2.63. The number of nitrogens with one attached hydrogen (secondary N) is 3. The van der Waals surface area contributed by atoms with Crippen molar-refractivity contribution < 1.29 is 13.2 Å². The maximum absolute atomic E-state index is 12.3. The third-order valence-electron chi connectivity index (χ3n) is 3.63. The van der Waals surface area contributed by atoms with E-state index in [2.05, 4.69) is 21.1 Å². The summed E-state index contributed by atoms with van der Waals surface area (Å²) in [4.78, 5) is 2.23. The minimum atomic E-state index is -4.33. The summed E-state index contributed by atoms with van der Waals surface area (Å²) in [7, 11) is 0. The molecule has 1 spiro atoms. The summed E-state index contributed by atoms with van der Waals surface area (Å²) in [5.41, 5.74) is 5.25. The second-order valence-electron chi connectivity index (χ2n) is 5.27. The highest BCUT2D eigenvalue weighted by molar-refractivity contribution is 5.24. The van der Waals surface area contributed by atoms with Crippen LogP contribution in [0.2, 0.25) is 0 Å². The molecule has 100 valence electrons. The van der Waals surface area contributed by atoms with Gasteiger partial charge in [-0.2, -0.15) is 13.2 Å². The van der Waals surface area contributed by atoms with Crippen molar-refractivity contribution in [2.45, 2.75) is 6.18 Å². The Morgan fingerprint density at radius 1 is 1.17 bits per heavy atom. The molecule has 0 atom stereocenters. The second kappa shape index (κ2) is 3.89. The molecule has 0 aromatic heterocycles. The number of hydrogen-bond acceptors (Lipinski definition) is 4. The standard InChI is InChI=1S/C11H15F3N4/c12-11(13,14)9-2-1-8(16-17-9)3-18-6-10(7-18)4-15-5-10/h1-2,15-17H,3-7H2. The summed E-state index contributed by atoms with van der Waals surface area (Å²) in [6.45, 7) is 4.83. The van der Waals surface area contributed by atoms with Crippen LogP contribution in [0.4, 0.5) is 13.2 Å². The van der Waals surface area contributed by atoms with Gasteiger partial charge in [0.05, 0.1) is 0 Å². The van der Waals surface area contributed by atoms with E-state index in [-0.39, 0.29) is 0 Å². The van der Waals surface area contributed by atoms with Crippen molar-refractivity contribution >= 4 is 0 Å². The molecule has 3 aliphatic rings. The molecule has 0 bridgehead atoms. The molecule has 0 saturated carbocycles. The van der Waals surface area contributed by atoms with E-state index in [0.29, 0.717) is 12.0 Å². The van der Waals surface area contributed by atoms with Gasteiger partial charge in [-0.3, -0.25) is 10.3 Å². The van der Waals surface area contributed by atoms with Gasteiger partial charge in [-0.25, -0.2) is 0 Å². The van der Waals surface area contributed by atoms with Crippen LogP contribution in [0.15, 0.2) is 23.5 Å². The lowest BCUT2D eigenvalue weighted by molar-refractivity contribution is -0.0982. The zero-order valence-corrected chi connectivity index (χ0v) is 9.77. The molecule has 0 aromatic carbocycles. The van der Waals surface area contributed by atoms with Crippen molar-refractivity contribution in [1.29, 1.82) is 0 Å². The first kappa shape index (κ1) is 11.9. The second-order valence-corrected chi connectivity index (χ2v) is 5.27. The number of hydrazine groups is 1. The molecule has 0 aliphatic carbocycles. The number of likely N-dealkylation sites (tertiary alicyclic amines) is 1. The molecular formula is C11H15F3N4. The van der Waals surface area contributed by atoms with E-state index in [1.807, 2.05) is 0 Å². The van der Waals surface area contributed by atoms with E-state index >= 15 is 0 Å². The first-order valence-corrected chi connectivity index (χ1v) is 5.90. The third kappa shape index (κ3) is 2.08. The third-order valence-corrected chi connectivity index (χ3v) is 3.63. The molecule has 18 heavy (non-hydrogen) atoms. The quantitative estimate of drug-likeness (QED) is 0.669. The average Bonchev–Trinajstić information content (AvgIpc) is 2.19.